The summed E-state index contributed by atoms with van der Waals surface area (Å²) in [5, 5.41) is 3.09. The van der Waals surface area contributed by atoms with Gasteiger partial charge in [-0.2, -0.15) is 11.8 Å². The van der Waals surface area contributed by atoms with Crippen molar-refractivity contribution in [1.29, 1.82) is 0 Å². The third-order valence-corrected chi connectivity index (χ3v) is 3.89. The topological polar surface area (TPSA) is 15.3 Å². The highest BCUT2D eigenvalue weighted by Crippen LogP contribution is 2.15. The van der Waals surface area contributed by atoms with Crippen molar-refractivity contribution in [2.75, 3.05) is 26.1 Å². The Kier molecular flexibility index (Phi) is 6.68. The highest BCUT2D eigenvalue weighted by atomic mass is 32.2. The summed E-state index contributed by atoms with van der Waals surface area (Å²) in [6.45, 7) is 3.61. The minimum Gasteiger partial charge on any atom is -0.316 e. The van der Waals surface area contributed by atoms with Gasteiger partial charge in [-0.25, -0.2) is 4.39 Å². The zero-order valence-corrected chi connectivity index (χ0v) is 12.5. The lowest BCUT2D eigenvalue weighted by molar-refractivity contribution is 0.266. The molecule has 1 unspecified atom stereocenters. The van der Waals surface area contributed by atoms with Crippen molar-refractivity contribution < 1.29 is 4.39 Å². The molecule has 0 saturated carbocycles. The largest absolute Gasteiger partial charge is 0.316 e. The van der Waals surface area contributed by atoms with E-state index in [0.29, 0.717) is 12.6 Å². The first-order chi connectivity index (χ1) is 8.58. The Bertz CT molecular complexity index is 371. The smallest absolute Gasteiger partial charge is 0.127 e. The van der Waals surface area contributed by atoms with Crippen LogP contribution in [0.15, 0.2) is 18.2 Å². The maximum absolute atomic E-state index is 13.8. The first-order valence-electron chi connectivity index (χ1n) is 6.19. The first-order valence-corrected chi connectivity index (χ1v) is 7.59. The van der Waals surface area contributed by atoms with Gasteiger partial charge in [-0.1, -0.05) is 12.1 Å². The molecular weight excluding hydrogens is 247 g/mol. The molecule has 0 aliphatic carbocycles. The van der Waals surface area contributed by atoms with Crippen molar-refractivity contribution in [2.45, 2.75) is 26.1 Å². The van der Waals surface area contributed by atoms with Crippen LogP contribution in [0.2, 0.25) is 0 Å². The van der Waals surface area contributed by atoms with Crippen LogP contribution in [0.3, 0.4) is 0 Å². The summed E-state index contributed by atoms with van der Waals surface area (Å²) in [5.41, 5.74) is 1.90. The van der Waals surface area contributed by atoms with Gasteiger partial charge in [-0.3, -0.25) is 4.90 Å². The molecule has 0 aliphatic rings. The standard InChI is InChI=1S/C14H23FN2S/c1-11(10-18-4)17(3)9-13-7-12(8-16-2)5-6-14(13)15/h5-7,11,16H,8-10H2,1-4H3. The van der Waals surface area contributed by atoms with Gasteiger partial charge in [0, 0.05) is 30.4 Å². The summed E-state index contributed by atoms with van der Waals surface area (Å²) >= 11 is 1.82. The molecule has 0 saturated heterocycles. The van der Waals surface area contributed by atoms with Crippen LogP contribution in [0, 0.1) is 5.82 Å². The molecular formula is C14H23FN2S. The molecule has 0 aliphatic heterocycles. The molecule has 18 heavy (non-hydrogen) atoms. The molecule has 102 valence electrons. The van der Waals surface area contributed by atoms with Gasteiger partial charge in [0.05, 0.1) is 0 Å². The molecule has 1 rings (SSSR count). The molecule has 0 heterocycles. The maximum Gasteiger partial charge on any atom is 0.127 e. The van der Waals surface area contributed by atoms with Crippen LogP contribution in [0.25, 0.3) is 0 Å². The van der Waals surface area contributed by atoms with Crippen molar-refractivity contribution in [3.05, 3.63) is 35.1 Å². The summed E-state index contributed by atoms with van der Waals surface area (Å²) < 4.78 is 13.8. The van der Waals surface area contributed by atoms with Crippen LogP contribution in [0.1, 0.15) is 18.1 Å². The molecule has 0 radical (unpaired) electrons. The van der Waals surface area contributed by atoms with E-state index in [-0.39, 0.29) is 5.82 Å². The fourth-order valence-corrected chi connectivity index (χ4v) is 2.59. The second-order valence-corrected chi connectivity index (χ2v) is 5.59. The minimum absolute atomic E-state index is 0.113. The molecule has 0 bridgehead atoms. The second kappa shape index (κ2) is 7.77. The van der Waals surface area contributed by atoms with Crippen LogP contribution >= 0.6 is 11.8 Å². The average molecular weight is 270 g/mol. The summed E-state index contributed by atoms with van der Waals surface area (Å²) in [6.07, 6.45) is 2.10. The Labute approximate surface area is 114 Å². The third kappa shape index (κ3) is 4.59. The number of nitrogens with zero attached hydrogens (tertiary/aromatic N) is 1. The number of benzene rings is 1. The maximum atomic E-state index is 13.8. The molecule has 0 aromatic heterocycles. The summed E-state index contributed by atoms with van der Waals surface area (Å²) in [7, 11) is 3.95. The first kappa shape index (κ1) is 15.5. The Morgan fingerprint density at radius 1 is 1.44 bits per heavy atom. The zero-order chi connectivity index (χ0) is 13.5. The molecule has 1 N–H and O–H groups in total. The van der Waals surface area contributed by atoms with Crippen LogP contribution in [0.4, 0.5) is 4.39 Å². The number of hydrogen-bond donors (Lipinski definition) is 1. The minimum atomic E-state index is -0.113. The van der Waals surface area contributed by atoms with Gasteiger partial charge >= 0.3 is 0 Å². The molecule has 1 aromatic rings. The Morgan fingerprint density at radius 3 is 2.78 bits per heavy atom. The highest BCUT2D eigenvalue weighted by Gasteiger charge is 2.12. The van der Waals surface area contributed by atoms with Crippen molar-refractivity contribution in [2.24, 2.45) is 0 Å². The normalized spacial score (nSPS) is 13.0. The Hall–Kier alpha value is -0.580. The number of hydrogen-bond acceptors (Lipinski definition) is 3. The Balaban J connectivity index is 2.73. The monoisotopic (exact) mass is 270 g/mol. The van der Waals surface area contributed by atoms with E-state index in [4.69, 9.17) is 0 Å². The highest BCUT2D eigenvalue weighted by molar-refractivity contribution is 7.98. The average Bonchev–Trinajstić information content (AvgIpc) is 2.34. The van der Waals surface area contributed by atoms with Gasteiger partial charge < -0.3 is 5.32 Å². The lowest BCUT2D eigenvalue weighted by Gasteiger charge is -2.24. The third-order valence-electron chi connectivity index (χ3n) is 3.07. The van der Waals surface area contributed by atoms with E-state index in [9.17, 15) is 4.39 Å². The quantitative estimate of drug-likeness (QED) is 0.820. The summed E-state index contributed by atoms with van der Waals surface area (Å²) in [4.78, 5) is 2.19. The van der Waals surface area contributed by atoms with Gasteiger partial charge in [0.2, 0.25) is 0 Å². The fraction of sp³-hybridized carbons (Fsp3) is 0.571. The molecule has 2 nitrogen and oxygen atoms in total. The number of nitrogens with one attached hydrogen (secondary N) is 1. The van der Waals surface area contributed by atoms with Crippen LogP contribution in [0.5, 0.6) is 0 Å². The van der Waals surface area contributed by atoms with Crippen molar-refractivity contribution in [3.63, 3.8) is 0 Å². The predicted octanol–water partition coefficient (Wildman–Crippen LogP) is 2.73. The molecule has 0 fully saturated rings. The second-order valence-electron chi connectivity index (χ2n) is 4.68. The fourth-order valence-electron chi connectivity index (χ4n) is 1.86. The van der Waals surface area contributed by atoms with Crippen LogP contribution in [-0.4, -0.2) is 37.0 Å². The lowest BCUT2D eigenvalue weighted by atomic mass is 10.1. The van der Waals surface area contributed by atoms with E-state index in [2.05, 4.69) is 23.4 Å². The van der Waals surface area contributed by atoms with Gasteiger partial charge in [-0.05, 0) is 38.9 Å². The van der Waals surface area contributed by atoms with E-state index in [1.807, 2.05) is 38.0 Å². The van der Waals surface area contributed by atoms with E-state index in [0.717, 1.165) is 23.4 Å². The van der Waals surface area contributed by atoms with Gasteiger partial charge in [0.15, 0.2) is 0 Å². The SMILES string of the molecule is CNCc1ccc(F)c(CN(C)C(C)CSC)c1. The van der Waals surface area contributed by atoms with Crippen molar-refractivity contribution in [1.82, 2.24) is 10.2 Å². The molecule has 1 atom stereocenters. The van der Waals surface area contributed by atoms with Crippen LogP contribution in [-0.2, 0) is 13.1 Å². The number of halogens is 1. The van der Waals surface area contributed by atoms with E-state index >= 15 is 0 Å². The molecule has 4 heteroatoms. The van der Waals surface area contributed by atoms with Crippen molar-refractivity contribution in [3.8, 4) is 0 Å². The summed E-state index contributed by atoms with van der Waals surface area (Å²) in [5.74, 6) is 0.951. The van der Waals surface area contributed by atoms with Crippen molar-refractivity contribution >= 4 is 11.8 Å². The van der Waals surface area contributed by atoms with E-state index in [1.54, 1.807) is 6.07 Å². The lowest BCUT2D eigenvalue weighted by Crippen LogP contribution is -2.30. The number of rotatable bonds is 7. The molecule has 1 aromatic carbocycles. The van der Waals surface area contributed by atoms with E-state index < -0.39 is 0 Å². The predicted molar refractivity (Wildman–Crippen MR) is 78.5 cm³/mol. The van der Waals surface area contributed by atoms with Gasteiger partial charge in [-0.15, -0.1) is 0 Å². The number of thioether (sulfide) groups is 1. The zero-order valence-electron chi connectivity index (χ0n) is 11.7. The summed E-state index contributed by atoms with van der Waals surface area (Å²) in [6, 6.07) is 5.80. The van der Waals surface area contributed by atoms with Gasteiger partial charge in [0.25, 0.3) is 0 Å². The molecule has 0 spiro atoms. The van der Waals surface area contributed by atoms with E-state index in [1.165, 1.54) is 0 Å². The van der Waals surface area contributed by atoms with Crippen LogP contribution < -0.4 is 5.32 Å². The van der Waals surface area contributed by atoms with Gasteiger partial charge in [0.1, 0.15) is 5.82 Å². The Morgan fingerprint density at radius 2 is 2.17 bits per heavy atom. The molecule has 0 amide bonds.